The van der Waals surface area contributed by atoms with Crippen molar-refractivity contribution in [2.75, 3.05) is 19.3 Å². The van der Waals surface area contributed by atoms with Gasteiger partial charge < -0.3 is 5.32 Å². The first-order chi connectivity index (χ1) is 12.4. The number of fused-ring (bicyclic) bond motifs is 1. The van der Waals surface area contributed by atoms with Crippen molar-refractivity contribution in [1.82, 2.24) is 14.6 Å². The number of pyridine rings is 1. The number of benzene rings is 1. The number of carbonyl (C=O) groups excluding carboxylic acids is 1. The molecule has 2 heterocycles. The molecule has 9 heteroatoms. The van der Waals surface area contributed by atoms with Gasteiger partial charge in [0.1, 0.15) is 4.90 Å². The van der Waals surface area contributed by atoms with Gasteiger partial charge in [-0.15, -0.1) is 11.8 Å². The zero-order chi connectivity index (χ0) is 18.7. The van der Waals surface area contributed by atoms with Crippen LogP contribution in [-0.2, 0) is 14.8 Å². The summed E-state index contributed by atoms with van der Waals surface area (Å²) in [5.41, 5.74) is 0.972. The summed E-state index contributed by atoms with van der Waals surface area (Å²) in [7, 11) is -2.38. The van der Waals surface area contributed by atoms with Gasteiger partial charge >= 0.3 is 0 Å². The van der Waals surface area contributed by atoms with Crippen LogP contribution in [0.1, 0.15) is 18.0 Å². The van der Waals surface area contributed by atoms with Crippen LogP contribution < -0.4 is 5.32 Å². The Balaban J connectivity index is 1.69. The zero-order valence-electron chi connectivity index (χ0n) is 14.1. The highest BCUT2D eigenvalue weighted by molar-refractivity contribution is 7.99. The van der Waals surface area contributed by atoms with E-state index in [4.69, 9.17) is 11.6 Å². The third kappa shape index (κ3) is 4.20. The Kier molecular flexibility index (Phi) is 5.86. The number of nitrogens with zero attached hydrogens (tertiary/aromatic N) is 2. The fourth-order valence-corrected chi connectivity index (χ4v) is 5.10. The van der Waals surface area contributed by atoms with Crippen molar-refractivity contribution in [3.05, 3.63) is 53.3 Å². The summed E-state index contributed by atoms with van der Waals surface area (Å²) in [5.74, 6) is 0.520. The summed E-state index contributed by atoms with van der Waals surface area (Å²) in [4.78, 5) is 17.4. The van der Waals surface area contributed by atoms with Crippen molar-refractivity contribution < 1.29 is 13.2 Å². The molecule has 1 atom stereocenters. The van der Waals surface area contributed by atoms with Gasteiger partial charge in [0.05, 0.1) is 12.6 Å². The lowest BCUT2D eigenvalue weighted by Crippen LogP contribution is -2.40. The maximum atomic E-state index is 12.5. The van der Waals surface area contributed by atoms with E-state index in [9.17, 15) is 13.2 Å². The van der Waals surface area contributed by atoms with Gasteiger partial charge in [-0.1, -0.05) is 11.6 Å². The van der Waals surface area contributed by atoms with Crippen LogP contribution in [0.4, 0.5) is 0 Å². The molecule has 26 heavy (non-hydrogen) atoms. The summed E-state index contributed by atoms with van der Waals surface area (Å²) < 4.78 is 26.0. The Labute approximate surface area is 162 Å². The summed E-state index contributed by atoms with van der Waals surface area (Å²) >= 11 is 7.80. The molecule has 2 aromatic rings. The van der Waals surface area contributed by atoms with Gasteiger partial charge in [-0.05, 0) is 42.3 Å². The lowest BCUT2D eigenvalue weighted by atomic mass is 10.0. The third-order valence-electron chi connectivity index (χ3n) is 4.06. The van der Waals surface area contributed by atoms with Gasteiger partial charge in [-0.25, -0.2) is 8.42 Å². The monoisotopic (exact) mass is 411 g/mol. The van der Waals surface area contributed by atoms with Crippen LogP contribution in [0.2, 0.25) is 5.02 Å². The highest BCUT2D eigenvalue weighted by atomic mass is 35.5. The molecule has 0 saturated heterocycles. The number of hydrogen-bond acceptors (Lipinski definition) is 5. The average molecular weight is 412 g/mol. The second-order valence-electron chi connectivity index (χ2n) is 5.89. The lowest BCUT2D eigenvalue weighted by Gasteiger charge is -2.27. The van der Waals surface area contributed by atoms with Crippen LogP contribution in [0.5, 0.6) is 0 Å². The Morgan fingerprint density at radius 1 is 1.42 bits per heavy atom. The molecular weight excluding hydrogens is 394 g/mol. The maximum Gasteiger partial charge on any atom is 0.244 e. The average Bonchev–Trinajstić information content (AvgIpc) is 2.63. The predicted molar refractivity (Wildman–Crippen MR) is 102 cm³/mol. The molecule has 0 spiro atoms. The van der Waals surface area contributed by atoms with E-state index in [1.807, 2.05) is 18.2 Å². The van der Waals surface area contributed by atoms with Gasteiger partial charge in [-0.3, -0.25) is 9.78 Å². The summed E-state index contributed by atoms with van der Waals surface area (Å²) in [6, 6.07) is 8.44. The first-order valence-corrected chi connectivity index (χ1v) is 10.8. The summed E-state index contributed by atoms with van der Waals surface area (Å²) in [6.07, 6.45) is 3.53. The zero-order valence-corrected chi connectivity index (χ0v) is 16.4. The van der Waals surface area contributed by atoms with Crippen LogP contribution in [0.15, 0.2) is 52.5 Å². The van der Waals surface area contributed by atoms with Gasteiger partial charge in [0, 0.05) is 35.1 Å². The number of nitrogens with one attached hydrogen (secondary N) is 1. The predicted octanol–water partition coefficient (Wildman–Crippen LogP) is 2.71. The van der Waals surface area contributed by atoms with E-state index in [0.29, 0.717) is 5.02 Å². The molecule has 1 aromatic carbocycles. The third-order valence-corrected chi connectivity index (χ3v) is 7.20. The van der Waals surface area contributed by atoms with E-state index < -0.39 is 10.0 Å². The van der Waals surface area contributed by atoms with E-state index >= 15 is 0 Å². The van der Waals surface area contributed by atoms with Crippen molar-refractivity contribution in [3.63, 3.8) is 0 Å². The molecule has 138 valence electrons. The van der Waals surface area contributed by atoms with E-state index in [2.05, 4.69) is 10.3 Å². The minimum absolute atomic E-state index is 0.0569. The largest absolute Gasteiger partial charge is 0.348 e. The molecule has 0 unspecified atom stereocenters. The number of hydrogen-bond donors (Lipinski definition) is 1. The molecule has 1 amide bonds. The molecule has 0 fully saturated rings. The Bertz CT molecular complexity index is 907. The van der Waals surface area contributed by atoms with Crippen LogP contribution in [-0.4, -0.2) is 43.0 Å². The SMILES string of the molecule is CN(CC(=O)N[C@@H]1CCSc2ccc(Cl)cc21)S(=O)(=O)c1cccnc1. The smallest absolute Gasteiger partial charge is 0.244 e. The van der Waals surface area contributed by atoms with Crippen LogP contribution >= 0.6 is 23.4 Å². The van der Waals surface area contributed by atoms with E-state index in [1.54, 1.807) is 17.8 Å². The topological polar surface area (TPSA) is 79.4 Å². The van der Waals surface area contributed by atoms with E-state index in [1.165, 1.54) is 25.5 Å². The quantitative estimate of drug-likeness (QED) is 0.818. The number of halogens is 1. The normalized spacial score (nSPS) is 17.0. The van der Waals surface area contributed by atoms with Gasteiger partial charge in [0.2, 0.25) is 15.9 Å². The second kappa shape index (κ2) is 7.96. The summed E-state index contributed by atoms with van der Waals surface area (Å²) in [6.45, 7) is -0.267. The van der Waals surface area contributed by atoms with Crippen molar-refractivity contribution >= 4 is 39.3 Å². The number of likely N-dealkylation sites (N-methyl/N-ethyl adjacent to an activating group) is 1. The van der Waals surface area contributed by atoms with Crippen molar-refractivity contribution in [1.29, 1.82) is 0 Å². The Morgan fingerprint density at radius 2 is 2.23 bits per heavy atom. The number of amides is 1. The van der Waals surface area contributed by atoms with Gasteiger partial charge in [0.15, 0.2) is 0 Å². The molecule has 1 N–H and O–H groups in total. The van der Waals surface area contributed by atoms with Gasteiger partial charge in [-0.2, -0.15) is 4.31 Å². The van der Waals surface area contributed by atoms with E-state index in [-0.39, 0.29) is 23.4 Å². The fraction of sp³-hybridized carbons (Fsp3) is 0.294. The maximum absolute atomic E-state index is 12.5. The lowest BCUT2D eigenvalue weighted by molar-refractivity contribution is -0.121. The molecule has 0 radical (unpaired) electrons. The highest BCUT2D eigenvalue weighted by Gasteiger charge is 2.26. The number of thioether (sulfide) groups is 1. The number of rotatable bonds is 5. The Morgan fingerprint density at radius 3 is 2.96 bits per heavy atom. The van der Waals surface area contributed by atoms with E-state index in [0.717, 1.165) is 26.9 Å². The number of sulfonamides is 1. The molecule has 1 aromatic heterocycles. The molecule has 0 bridgehead atoms. The molecule has 0 saturated carbocycles. The molecule has 1 aliphatic rings. The molecule has 0 aliphatic carbocycles. The molecule has 3 rings (SSSR count). The highest BCUT2D eigenvalue weighted by Crippen LogP contribution is 2.37. The van der Waals surface area contributed by atoms with Crippen LogP contribution in [0.25, 0.3) is 0 Å². The molecule has 1 aliphatic heterocycles. The van der Waals surface area contributed by atoms with Crippen molar-refractivity contribution in [2.24, 2.45) is 0 Å². The first-order valence-electron chi connectivity index (χ1n) is 7.96. The minimum atomic E-state index is -3.76. The second-order valence-corrected chi connectivity index (χ2v) is 9.51. The molecule has 6 nitrogen and oxygen atoms in total. The van der Waals surface area contributed by atoms with Crippen molar-refractivity contribution in [3.8, 4) is 0 Å². The number of carbonyl (C=O) groups is 1. The Hall–Kier alpha value is -1.61. The van der Waals surface area contributed by atoms with Crippen LogP contribution in [0, 0.1) is 0 Å². The minimum Gasteiger partial charge on any atom is -0.348 e. The van der Waals surface area contributed by atoms with Crippen molar-refractivity contribution in [2.45, 2.75) is 22.3 Å². The summed E-state index contributed by atoms with van der Waals surface area (Å²) in [5, 5.41) is 3.54. The van der Waals surface area contributed by atoms with Crippen LogP contribution in [0.3, 0.4) is 0 Å². The van der Waals surface area contributed by atoms with Gasteiger partial charge in [0.25, 0.3) is 0 Å². The standard InChI is InChI=1S/C17H18ClN3O3S2/c1-21(26(23,24)13-3-2-7-19-10-13)11-17(22)20-15-6-8-25-16-5-4-12(18)9-14(15)16/h2-5,7,9-10,15H,6,8,11H2,1H3,(H,20,22)/t15-/m1/s1. The first kappa shape index (κ1) is 19.2. The number of aromatic nitrogens is 1. The fourth-order valence-electron chi connectivity index (χ4n) is 2.72. The molecular formula is C17H18ClN3O3S2.